The van der Waals surface area contributed by atoms with Gasteiger partial charge in [-0.15, -0.1) is 0 Å². The molecule has 7 heteroatoms. The average molecular weight is 451 g/mol. The Hall–Kier alpha value is -1.89. The summed E-state index contributed by atoms with van der Waals surface area (Å²) < 4.78 is 11.5. The molecule has 0 unspecified atom stereocenters. The Morgan fingerprint density at radius 1 is 1.22 bits per heavy atom. The molecule has 2 N–H and O–H groups in total. The van der Waals surface area contributed by atoms with Gasteiger partial charge in [-0.05, 0) is 64.2 Å². The summed E-state index contributed by atoms with van der Waals surface area (Å²) in [5.74, 6) is -1.52. The Bertz CT molecular complexity index is 755. The Kier molecular flexibility index (Phi) is 7.69. The van der Waals surface area contributed by atoms with Crippen LogP contribution in [0.15, 0.2) is 11.6 Å². The van der Waals surface area contributed by atoms with Crippen LogP contribution in [0.2, 0.25) is 0 Å². The summed E-state index contributed by atoms with van der Waals surface area (Å²) in [4.78, 5) is 36.4. The van der Waals surface area contributed by atoms with Gasteiger partial charge >= 0.3 is 17.9 Å². The molecule has 0 spiro atoms. The first-order valence-corrected chi connectivity index (χ1v) is 12.0. The normalized spacial score (nSPS) is 35.3. The van der Waals surface area contributed by atoms with Gasteiger partial charge in [0.05, 0.1) is 23.9 Å². The summed E-state index contributed by atoms with van der Waals surface area (Å²) in [6.07, 6.45) is 4.95. The number of carboxylic acid groups (broad SMARTS) is 1. The number of carboxylic acids is 1. The van der Waals surface area contributed by atoms with E-state index in [1.807, 2.05) is 20.8 Å². The number of carbonyl (C=O) groups is 3. The zero-order valence-electron chi connectivity index (χ0n) is 19.7. The Labute approximate surface area is 190 Å². The van der Waals surface area contributed by atoms with Gasteiger partial charge in [0.25, 0.3) is 0 Å². The number of carbonyl (C=O) groups excluding carboxylic acids is 2. The summed E-state index contributed by atoms with van der Waals surface area (Å²) in [5, 5.41) is 19.6. The zero-order chi connectivity index (χ0) is 23.6. The molecule has 180 valence electrons. The monoisotopic (exact) mass is 450 g/mol. The lowest BCUT2D eigenvalue weighted by Gasteiger charge is -2.46. The fourth-order valence-electron chi connectivity index (χ4n) is 5.44. The first-order valence-electron chi connectivity index (χ1n) is 12.0. The first kappa shape index (κ1) is 24.7. The maximum absolute atomic E-state index is 12.9. The lowest BCUT2D eigenvalue weighted by atomic mass is 9.62. The predicted molar refractivity (Wildman–Crippen MR) is 118 cm³/mol. The minimum atomic E-state index is -0.849. The van der Waals surface area contributed by atoms with Crippen molar-refractivity contribution in [3.63, 3.8) is 0 Å². The van der Waals surface area contributed by atoms with Crippen LogP contribution in [0, 0.1) is 29.1 Å². The topological polar surface area (TPSA) is 110 Å². The van der Waals surface area contributed by atoms with Crippen LogP contribution in [0.4, 0.5) is 0 Å². The van der Waals surface area contributed by atoms with Gasteiger partial charge in [0.1, 0.15) is 12.2 Å². The third kappa shape index (κ3) is 5.53. The van der Waals surface area contributed by atoms with Crippen molar-refractivity contribution in [1.29, 1.82) is 0 Å². The van der Waals surface area contributed by atoms with Crippen molar-refractivity contribution in [2.45, 2.75) is 97.4 Å². The number of ether oxygens (including phenoxy) is 2. The number of aliphatic hydroxyl groups excluding tert-OH is 1. The number of hydrogen-bond acceptors (Lipinski definition) is 6. The van der Waals surface area contributed by atoms with E-state index in [0.717, 1.165) is 18.4 Å². The summed E-state index contributed by atoms with van der Waals surface area (Å²) >= 11 is 0. The largest absolute Gasteiger partial charge is 0.481 e. The lowest BCUT2D eigenvalue weighted by molar-refractivity contribution is -0.169. The van der Waals surface area contributed by atoms with E-state index in [4.69, 9.17) is 9.47 Å². The standard InChI is InChI=1S/C25H38O7/c1-5-25(3,4)24(30)32-20-11-16(23(28)29)10-15-7-6-14(2)19(22(15)20)9-8-18-12-17(26)13-21(27)31-18/h7,14,16-20,22,26H,5-6,8-13H2,1-4H3,(H,28,29)/t14-,16-,17+,18+,19-,20-,22-/m0/s1. The van der Waals surface area contributed by atoms with Crippen molar-refractivity contribution in [3.05, 3.63) is 11.6 Å². The van der Waals surface area contributed by atoms with Crippen LogP contribution in [-0.4, -0.2) is 46.4 Å². The molecule has 7 nitrogen and oxygen atoms in total. The summed E-state index contributed by atoms with van der Waals surface area (Å²) in [6, 6.07) is 0. The fourth-order valence-corrected chi connectivity index (χ4v) is 5.44. The molecular formula is C25H38O7. The highest BCUT2D eigenvalue weighted by atomic mass is 16.6. The predicted octanol–water partition coefficient (Wildman–Crippen LogP) is 3.87. The Balaban J connectivity index is 1.80. The van der Waals surface area contributed by atoms with Crippen LogP contribution in [0.1, 0.15) is 79.1 Å². The van der Waals surface area contributed by atoms with Gasteiger partial charge in [-0.1, -0.05) is 25.5 Å². The van der Waals surface area contributed by atoms with E-state index >= 15 is 0 Å². The van der Waals surface area contributed by atoms with Crippen molar-refractivity contribution in [3.8, 4) is 0 Å². The first-order chi connectivity index (χ1) is 15.0. The number of esters is 2. The molecule has 0 bridgehead atoms. The molecule has 0 aromatic rings. The van der Waals surface area contributed by atoms with E-state index in [-0.39, 0.29) is 36.3 Å². The molecule has 32 heavy (non-hydrogen) atoms. The number of hydrogen-bond donors (Lipinski definition) is 2. The van der Waals surface area contributed by atoms with Crippen LogP contribution in [0.25, 0.3) is 0 Å². The molecule has 1 heterocycles. The smallest absolute Gasteiger partial charge is 0.311 e. The number of allylic oxidation sites excluding steroid dienone is 1. The second-order valence-corrected chi connectivity index (χ2v) is 10.6. The molecular weight excluding hydrogens is 412 g/mol. The highest BCUT2D eigenvalue weighted by Crippen LogP contribution is 2.48. The number of rotatable bonds is 7. The molecule has 0 aromatic carbocycles. The second-order valence-electron chi connectivity index (χ2n) is 10.6. The van der Waals surface area contributed by atoms with Crippen molar-refractivity contribution in [2.75, 3.05) is 0 Å². The highest BCUT2D eigenvalue weighted by molar-refractivity contribution is 5.76. The number of aliphatic hydroxyl groups is 1. The maximum Gasteiger partial charge on any atom is 0.311 e. The van der Waals surface area contributed by atoms with Crippen molar-refractivity contribution in [1.82, 2.24) is 0 Å². The van der Waals surface area contributed by atoms with Crippen LogP contribution >= 0.6 is 0 Å². The third-order valence-corrected chi connectivity index (χ3v) is 7.87. The zero-order valence-corrected chi connectivity index (χ0v) is 19.7. The molecule has 1 saturated heterocycles. The van der Waals surface area contributed by atoms with Crippen LogP contribution in [0.5, 0.6) is 0 Å². The Morgan fingerprint density at radius 3 is 2.56 bits per heavy atom. The molecule has 1 saturated carbocycles. The van der Waals surface area contributed by atoms with Crippen molar-refractivity contribution < 1.29 is 34.1 Å². The second kappa shape index (κ2) is 9.94. The maximum atomic E-state index is 12.9. The number of aliphatic carboxylic acids is 1. The van der Waals surface area contributed by atoms with Gasteiger partial charge in [0.2, 0.25) is 0 Å². The highest BCUT2D eigenvalue weighted by Gasteiger charge is 2.47. The van der Waals surface area contributed by atoms with E-state index in [0.29, 0.717) is 38.0 Å². The molecule has 1 aliphatic heterocycles. The molecule has 0 aromatic heterocycles. The molecule has 2 fully saturated rings. The van der Waals surface area contributed by atoms with E-state index in [1.165, 1.54) is 0 Å². The van der Waals surface area contributed by atoms with Crippen LogP contribution in [-0.2, 0) is 23.9 Å². The number of cyclic esters (lactones) is 1. The summed E-state index contributed by atoms with van der Waals surface area (Å²) in [6.45, 7) is 7.83. The molecule has 0 amide bonds. The average Bonchev–Trinajstić information content (AvgIpc) is 2.72. The Morgan fingerprint density at radius 2 is 1.94 bits per heavy atom. The molecule has 0 radical (unpaired) electrons. The third-order valence-electron chi connectivity index (χ3n) is 7.87. The van der Waals surface area contributed by atoms with Gasteiger partial charge in [-0.25, -0.2) is 0 Å². The van der Waals surface area contributed by atoms with Crippen molar-refractivity contribution in [2.24, 2.45) is 29.1 Å². The summed E-state index contributed by atoms with van der Waals surface area (Å²) in [5.41, 5.74) is 0.460. The van der Waals surface area contributed by atoms with E-state index in [1.54, 1.807) is 0 Å². The van der Waals surface area contributed by atoms with E-state index < -0.39 is 29.5 Å². The fraction of sp³-hybridized carbons (Fsp3) is 0.800. The van der Waals surface area contributed by atoms with Gasteiger partial charge in [-0.2, -0.15) is 0 Å². The van der Waals surface area contributed by atoms with Gasteiger partial charge in [-0.3, -0.25) is 14.4 Å². The SMILES string of the molecule is CCC(C)(C)C(=O)O[C@H]1C[C@@H](C(=O)O)CC2=CC[C@H](C)[C@H](CC[C@@H]3C[C@@H](O)CC(=O)O3)[C@H]21. The quantitative estimate of drug-likeness (QED) is 0.447. The van der Waals surface area contributed by atoms with Gasteiger partial charge in [0.15, 0.2) is 0 Å². The minimum Gasteiger partial charge on any atom is -0.481 e. The number of fused-ring (bicyclic) bond motifs is 1. The lowest BCUT2D eigenvalue weighted by Crippen LogP contribution is -2.46. The molecule has 3 aliphatic rings. The molecule has 2 aliphatic carbocycles. The van der Waals surface area contributed by atoms with Gasteiger partial charge in [0, 0.05) is 12.3 Å². The van der Waals surface area contributed by atoms with Crippen molar-refractivity contribution >= 4 is 17.9 Å². The molecule has 7 atom stereocenters. The van der Waals surface area contributed by atoms with Crippen LogP contribution in [0.3, 0.4) is 0 Å². The minimum absolute atomic E-state index is 0.0184. The van der Waals surface area contributed by atoms with Crippen LogP contribution < -0.4 is 0 Å². The van der Waals surface area contributed by atoms with Gasteiger partial charge < -0.3 is 19.7 Å². The summed E-state index contributed by atoms with van der Waals surface area (Å²) in [7, 11) is 0. The van der Waals surface area contributed by atoms with E-state index in [2.05, 4.69) is 13.0 Å². The molecule has 3 rings (SSSR count). The van der Waals surface area contributed by atoms with E-state index in [9.17, 15) is 24.6 Å².